The van der Waals surface area contributed by atoms with Crippen LogP contribution in [-0.4, -0.2) is 19.6 Å². The van der Waals surface area contributed by atoms with Crippen molar-refractivity contribution in [2.45, 2.75) is 20.3 Å². The number of halogens is 1. The summed E-state index contributed by atoms with van der Waals surface area (Å²) in [7, 11) is 1.65. The highest BCUT2D eigenvalue weighted by molar-refractivity contribution is 9.10. The molecule has 94 valence electrons. The molecule has 17 heavy (non-hydrogen) atoms. The highest BCUT2D eigenvalue weighted by atomic mass is 79.9. The van der Waals surface area contributed by atoms with Crippen LogP contribution in [0.1, 0.15) is 18.9 Å². The van der Waals surface area contributed by atoms with E-state index < -0.39 is 0 Å². The third-order valence-electron chi connectivity index (χ3n) is 2.43. The SMILES string of the molecule is COCC(C)CC(=O)Nc1ccc(Br)c(C)c1. The fraction of sp³-hybridized carbons (Fsp3) is 0.462. The first-order valence-corrected chi connectivity index (χ1v) is 6.37. The Morgan fingerprint density at radius 3 is 2.82 bits per heavy atom. The lowest BCUT2D eigenvalue weighted by molar-refractivity contribution is -0.117. The summed E-state index contributed by atoms with van der Waals surface area (Å²) in [5.41, 5.74) is 1.94. The van der Waals surface area contributed by atoms with E-state index in [1.54, 1.807) is 7.11 Å². The second-order valence-electron chi connectivity index (χ2n) is 4.28. The van der Waals surface area contributed by atoms with Crippen LogP contribution in [-0.2, 0) is 9.53 Å². The summed E-state index contributed by atoms with van der Waals surface area (Å²) >= 11 is 3.43. The van der Waals surface area contributed by atoms with Gasteiger partial charge in [-0.3, -0.25) is 4.79 Å². The van der Waals surface area contributed by atoms with Crippen LogP contribution in [0.3, 0.4) is 0 Å². The molecule has 1 amide bonds. The van der Waals surface area contributed by atoms with Gasteiger partial charge in [0.2, 0.25) is 5.91 Å². The zero-order chi connectivity index (χ0) is 12.8. The first-order chi connectivity index (χ1) is 8.02. The lowest BCUT2D eigenvalue weighted by Crippen LogP contribution is -2.17. The van der Waals surface area contributed by atoms with Crippen LogP contribution in [0, 0.1) is 12.8 Å². The summed E-state index contributed by atoms with van der Waals surface area (Å²) in [5.74, 6) is 0.257. The Kier molecular flexibility index (Phi) is 5.65. The van der Waals surface area contributed by atoms with Gasteiger partial charge in [0.05, 0.1) is 0 Å². The number of rotatable bonds is 5. The highest BCUT2D eigenvalue weighted by Gasteiger charge is 2.09. The number of hydrogen-bond acceptors (Lipinski definition) is 2. The molecule has 1 unspecified atom stereocenters. The number of hydrogen-bond donors (Lipinski definition) is 1. The van der Waals surface area contributed by atoms with Gasteiger partial charge in [0.1, 0.15) is 0 Å². The van der Waals surface area contributed by atoms with Crippen LogP contribution >= 0.6 is 15.9 Å². The van der Waals surface area contributed by atoms with E-state index in [1.165, 1.54) is 0 Å². The summed E-state index contributed by atoms with van der Waals surface area (Å²) in [6.07, 6.45) is 0.475. The maximum atomic E-state index is 11.7. The monoisotopic (exact) mass is 299 g/mol. The molecule has 1 atom stereocenters. The van der Waals surface area contributed by atoms with Crippen LogP contribution in [0.4, 0.5) is 5.69 Å². The fourth-order valence-corrected chi connectivity index (χ4v) is 1.84. The van der Waals surface area contributed by atoms with Gasteiger partial charge in [-0.15, -0.1) is 0 Å². The largest absolute Gasteiger partial charge is 0.384 e. The van der Waals surface area contributed by atoms with Crippen molar-refractivity contribution in [2.75, 3.05) is 19.0 Å². The number of carbonyl (C=O) groups excluding carboxylic acids is 1. The number of amides is 1. The van der Waals surface area contributed by atoms with E-state index in [0.29, 0.717) is 13.0 Å². The third-order valence-corrected chi connectivity index (χ3v) is 3.32. The van der Waals surface area contributed by atoms with Crippen molar-refractivity contribution in [1.82, 2.24) is 0 Å². The van der Waals surface area contributed by atoms with Crippen LogP contribution in [0.5, 0.6) is 0 Å². The Hall–Kier alpha value is -0.870. The van der Waals surface area contributed by atoms with Gasteiger partial charge in [0.15, 0.2) is 0 Å². The molecule has 0 aliphatic carbocycles. The standard InChI is InChI=1S/C13H18BrNO2/c1-9(8-17-3)6-13(16)15-11-4-5-12(14)10(2)7-11/h4-5,7,9H,6,8H2,1-3H3,(H,15,16). The Morgan fingerprint density at radius 1 is 1.53 bits per heavy atom. The lowest BCUT2D eigenvalue weighted by Gasteiger charge is -2.11. The Bertz CT molecular complexity index is 393. The lowest BCUT2D eigenvalue weighted by atomic mass is 10.1. The molecule has 0 radical (unpaired) electrons. The fourth-order valence-electron chi connectivity index (χ4n) is 1.59. The number of anilines is 1. The summed E-state index contributed by atoms with van der Waals surface area (Å²) in [6, 6.07) is 5.77. The minimum atomic E-state index is 0.0243. The van der Waals surface area contributed by atoms with E-state index in [4.69, 9.17) is 4.74 Å². The molecular weight excluding hydrogens is 282 g/mol. The molecule has 0 saturated heterocycles. The predicted molar refractivity (Wildman–Crippen MR) is 73.2 cm³/mol. The molecule has 0 heterocycles. The maximum Gasteiger partial charge on any atom is 0.224 e. The van der Waals surface area contributed by atoms with Crippen LogP contribution in [0.15, 0.2) is 22.7 Å². The molecule has 1 aromatic rings. The molecule has 1 aromatic carbocycles. The minimum absolute atomic E-state index is 0.0243. The smallest absolute Gasteiger partial charge is 0.224 e. The van der Waals surface area contributed by atoms with Gasteiger partial charge in [0, 0.05) is 30.3 Å². The van der Waals surface area contributed by atoms with Crippen LogP contribution < -0.4 is 5.32 Å². The van der Waals surface area contributed by atoms with Crippen LogP contribution in [0.25, 0.3) is 0 Å². The topological polar surface area (TPSA) is 38.3 Å². The van der Waals surface area contributed by atoms with Gasteiger partial charge < -0.3 is 10.1 Å². The van der Waals surface area contributed by atoms with Gasteiger partial charge in [-0.25, -0.2) is 0 Å². The van der Waals surface area contributed by atoms with Gasteiger partial charge in [-0.2, -0.15) is 0 Å². The molecule has 1 rings (SSSR count). The van der Waals surface area contributed by atoms with E-state index in [1.807, 2.05) is 32.0 Å². The Morgan fingerprint density at radius 2 is 2.24 bits per heavy atom. The Labute approximate surface area is 111 Å². The van der Waals surface area contributed by atoms with E-state index in [2.05, 4.69) is 21.2 Å². The molecule has 0 aliphatic heterocycles. The zero-order valence-electron chi connectivity index (χ0n) is 10.4. The van der Waals surface area contributed by atoms with Crippen molar-refractivity contribution in [3.05, 3.63) is 28.2 Å². The summed E-state index contributed by atoms with van der Waals surface area (Å²) in [6.45, 7) is 4.59. The van der Waals surface area contributed by atoms with Crippen LogP contribution in [0.2, 0.25) is 0 Å². The highest BCUT2D eigenvalue weighted by Crippen LogP contribution is 2.20. The molecule has 0 aliphatic rings. The summed E-state index contributed by atoms with van der Waals surface area (Å²) in [5, 5.41) is 2.88. The molecule has 0 spiro atoms. The van der Waals surface area contributed by atoms with Gasteiger partial charge in [0.25, 0.3) is 0 Å². The van der Waals surface area contributed by atoms with Gasteiger partial charge in [-0.05, 0) is 36.6 Å². The van der Waals surface area contributed by atoms with Crippen molar-refractivity contribution in [3.63, 3.8) is 0 Å². The quantitative estimate of drug-likeness (QED) is 0.905. The molecule has 4 heteroatoms. The van der Waals surface area contributed by atoms with Crippen molar-refractivity contribution in [3.8, 4) is 0 Å². The first kappa shape index (κ1) is 14.2. The number of benzene rings is 1. The average Bonchev–Trinajstić information content (AvgIpc) is 2.23. The molecule has 0 saturated carbocycles. The predicted octanol–water partition coefficient (Wildman–Crippen LogP) is 3.37. The molecule has 3 nitrogen and oxygen atoms in total. The first-order valence-electron chi connectivity index (χ1n) is 5.58. The molecule has 0 bridgehead atoms. The van der Waals surface area contributed by atoms with E-state index in [9.17, 15) is 4.79 Å². The van der Waals surface area contributed by atoms with Gasteiger partial charge >= 0.3 is 0 Å². The van der Waals surface area contributed by atoms with Gasteiger partial charge in [-0.1, -0.05) is 22.9 Å². The van der Waals surface area contributed by atoms with E-state index in [-0.39, 0.29) is 11.8 Å². The number of carbonyl (C=O) groups is 1. The average molecular weight is 300 g/mol. The van der Waals surface area contributed by atoms with Crippen molar-refractivity contribution in [1.29, 1.82) is 0 Å². The van der Waals surface area contributed by atoms with E-state index in [0.717, 1.165) is 15.7 Å². The Balaban J connectivity index is 2.53. The normalized spacial score (nSPS) is 12.2. The molecule has 0 fully saturated rings. The van der Waals surface area contributed by atoms with Crippen molar-refractivity contribution >= 4 is 27.5 Å². The summed E-state index contributed by atoms with van der Waals surface area (Å²) < 4.78 is 6.05. The van der Waals surface area contributed by atoms with Crippen molar-refractivity contribution < 1.29 is 9.53 Å². The minimum Gasteiger partial charge on any atom is -0.384 e. The molecular formula is C13H18BrNO2. The summed E-state index contributed by atoms with van der Waals surface area (Å²) in [4.78, 5) is 11.7. The van der Waals surface area contributed by atoms with Crippen molar-refractivity contribution in [2.24, 2.45) is 5.92 Å². The molecule has 0 aromatic heterocycles. The zero-order valence-corrected chi connectivity index (χ0v) is 12.0. The second-order valence-corrected chi connectivity index (χ2v) is 5.13. The molecule has 1 N–H and O–H groups in total. The number of aryl methyl sites for hydroxylation is 1. The number of methoxy groups -OCH3 is 1. The maximum absolute atomic E-state index is 11.7. The van der Waals surface area contributed by atoms with E-state index >= 15 is 0 Å². The number of nitrogens with one attached hydrogen (secondary N) is 1. The third kappa shape index (κ3) is 4.88. The number of ether oxygens (including phenoxy) is 1. The second kappa shape index (κ2) is 6.77.